The van der Waals surface area contributed by atoms with E-state index in [0.29, 0.717) is 12.0 Å². The largest absolute Gasteiger partial charge is 0.478 e. The third-order valence-electron chi connectivity index (χ3n) is 1.74. The van der Waals surface area contributed by atoms with Crippen LogP contribution in [0.1, 0.15) is 27.6 Å². The molecule has 0 saturated carbocycles. The minimum absolute atomic E-state index is 0.00574. The number of carbonyl (C=O) groups is 3. The third kappa shape index (κ3) is 2.63. The number of amides is 1. The van der Waals surface area contributed by atoms with Crippen molar-refractivity contribution >= 4 is 23.9 Å². The van der Waals surface area contributed by atoms with Gasteiger partial charge in [-0.15, -0.1) is 0 Å². The van der Waals surface area contributed by atoms with Gasteiger partial charge < -0.3 is 10.4 Å². The summed E-state index contributed by atoms with van der Waals surface area (Å²) in [7, 11) is 0. The van der Waals surface area contributed by atoms with Gasteiger partial charge in [0.15, 0.2) is 6.29 Å². The molecule has 1 aromatic carbocycles. The summed E-state index contributed by atoms with van der Waals surface area (Å²) in [5.74, 6) is -1.44. The molecule has 0 atom stereocenters. The second-order valence-electron chi connectivity index (χ2n) is 2.91. The van der Waals surface area contributed by atoms with Crippen LogP contribution in [0.5, 0.6) is 0 Å². The summed E-state index contributed by atoms with van der Waals surface area (Å²) < 4.78 is 0. The summed E-state index contributed by atoms with van der Waals surface area (Å²) in [5.41, 5.74) is 0.457. The van der Waals surface area contributed by atoms with Crippen LogP contribution < -0.4 is 5.32 Å². The van der Waals surface area contributed by atoms with Gasteiger partial charge in [-0.3, -0.25) is 9.59 Å². The van der Waals surface area contributed by atoms with E-state index in [9.17, 15) is 14.4 Å². The van der Waals surface area contributed by atoms with E-state index in [1.165, 1.54) is 25.1 Å². The summed E-state index contributed by atoms with van der Waals surface area (Å²) in [6.45, 7) is 1.31. The first-order valence-electron chi connectivity index (χ1n) is 4.14. The lowest BCUT2D eigenvalue weighted by Gasteiger charge is -2.05. The van der Waals surface area contributed by atoms with Gasteiger partial charge in [0.1, 0.15) is 0 Å². The Morgan fingerprint density at radius 2 is 2.07 bits per heavy atom. The standard InChI is InChI=1S/C10H9NO4/c1-6(13)11-9-3-2-7(10(14)15)4-8(9)5-12/h2-5H,1H3,(H,11,13)(H,14,15). The summed E-state index contributed by atoms with van der Waals surface area (Å²) in [6, 6.07) is 3.91. The molecule has 0 aromatic heterocycles. The fourth-order valence-electron chi connectivity index (χ4n) is 1.10. The zero-order valence-corrected chi connectivity index (χ0v) is 7.98. The van der Waals surface area contributed by atoms with Gasteiger partial charge in [0.2, 0.25) is 5.91 Å². The van der Waals surface area contributed by atoms with Crippen molar-refractivity contribution in [3.63, 3.8) is 0 Å². The summed E-state index contributed by atoms with van der Waals surface area (Å²) >= 11 is 0. The molecule has 2 N–H and O–H groups in total. The molecule has 5 heteroatoms. The molecule has 1 amide bonds. The molecule has 0 aliphatic rings. The zero-order chi connectivity index (χ0) is 11.4. The van der Waals surface area contributed by atoms with Crippen molar-refractivity contribution in [1.29, 1.82) is 0 Å². The van der Waals surface area contributed by atoms with Gasteiger partial charge in [0.05, 0.1) is 11.3 Å². The van der Waals surface area contributed by atoms with Crippen LogP contribution in [-0.4, -0.2) is 23.3 Å². The molecule has 1 rings (SSSR count). The van der Waals surface area contributed by atoms with E-state index in [1.54, 1.807) is 0 Å². The Kier molecular flexibility index (Phi) is 3.17. The molecule has 78 valence electrons. The van der Waals surface area contributed by atoms with E-state index in [4.69, 9.17) is 5.11 Å². The molecule has 1 aromatic rings. The maximum Gasteiger partial charge on any atom is 0.335 e. The third-order valence-corrected chi connectivity index (χ3v) is 1.74. The van der Waals surface area contributed by atoms with E-state index < -0.39 is 5.97 Å². The Balaban J connectivity index is 3.14. The second-order valence-corrected chi connectivity index (χ2v) is 2.91. The number of aromatic carboxylic acids is 1. The average Bonchev–Trinajstić information content (AvgIpc) is 2.17. The van der Waals surface area contributed by atoms with Gasteiger partial charge >= 0.3 is 5.97 Å². The maximum absolute atomic E-state index is 10.8. The first-order valence-corrected chi connectivity index (χ1v) is 4.14. The summed E-state index contributed by atoms with van der Waals surface area (Å²) in [5, 5.41) is 11.1. The number of anilines is 1. The van der Waals surface area contributed by atoms with Gasteiger partial charge in [-0.1, -0.05) is 0 Å². The second kappa shape index (κ2) is 4.36. The number of hydrogen-bond acceptors (Lipinski definition) is 3. The number of aldehydes is 1. The zero-order valence-electron chi connectivity index (χ0n) is 7.98. The summed E-state index contributed by atoms with van der Waals surface area (Å²) in [6.07, 6.45) is 0.498. The molecular weight excluding hydrogens is 198 g/mol. The highest BCUT2D eigenvalue weighted by molar-refractivity contribution is 5.98. The first kappa shape index (κ1) is 10.9. The molecule has 0 fully saturated rings. The van der Waals surface area contributed by atoms with Crippen LogP contribution in [0.25, 0.3) is 0 Å². The van der Waals surface area contributed by atoms with Crippen molar-refractivity contribution in [1.82, 2.24) is 0 Å². The van der Waals surface area contributed by atoms with Crippen molar-refractivity contribution in [3.8, 4) is 0 Å². The number of carboxylic acids is 1. The molecular formula is C10H9NO4. The van der Waals surface area contributed by atoms with Crippen molar-refractivity contribution in [3.05, 3.63) is 29.3 Å². The first-order chi connectivity index (χ1) is 7.04. The molecule has 0 aliphatic carbocycles. The van der Waals surface area contributed by atoms with Crippen LogP contribution in [0.15, 0.2) is 18.2 Å². The smallest absolute Gasteiger partial charge is 0.335 e. The SMILES string of the molecule is CC(=O)Nc1ccc(C(=O)O)cc1C=O. The van der Waals surface area contributed by atoms with Gasteiger partial charge in [-0.05, 0) is 18.2 Å². The number of rotatable bonds is 3. The Labute approximate surface area is 85.7 Å². The highest BCUT2D eigenvalue weighted by Crippen LogP contribution is 2.15. The monoisotopic (exact) mass is 207 g/mol. The van der Waals surface area contributed by atoms with E-state index >= 15 is 0 Å². The van der Waals surface area contributed by atoms with E-state index in [0.717, 1.165) is 0 Å². The van der Waals surface area contributed by atoms with Crippen LogP contribution in [-0.2, 0) is 4.79 Å². The predicted molar refractivity (Wildman–Crippen MR) is 53.1 cm³/mol. The topological polar surface area (TPSA) is 83.5 Å². The Hall–Kier alpha value is -2.17. The summed E-state index contributed by atoms with van der Waals surface area (Å²) in [4.78, 5) is 32.0. The normalized spacial score (nSPS) is 9.40. The van der Waals surface area contributed by atoms with Crippen molar-refractivity contribution < 1.29 is 19.5 Å². The highest BCUT2D eigenvalue weighted by atomic mass is 16.4. The molecule has 0 unspecified atom stereocenters. The number of carboxylic acid groups (broad SMARTS) is 1. The van der Waals surface area contributed by atoms with Gasteiger partial charge in [0, 0.05) is 12.5 Å². The van der Waals surface area contributed by atoms with Crippen molar-refractivity contribution in [2.75, 3.05) is 5.32 Å². The number of benzene rings is 1. The van der Waals surface area contributed by atoms with Crippen LogP contribution >= 0.6 is 0 Å². The lowest BCUT2D eigenvalue weighted by molar-refractivity contribution is -0.114. The quantitative estimate of drug-likeness (QED) is 0.728. The number of carbonyl (C=O) groups excluding carboxylic acids is 2. The minimum Gasteiger partial charge on any atom is -0.478 e. The van der Waals surface area contributed by atoms with Gasteiger partial charge in [0.25, 0.3) is 0 Å². The highest BCUT2D eigenvalue weighted by Gasteiger charge is 2.08. The number of hydrogen-bond donors (Lipinski definition) is 2. The Morgan fingerprint density at radius 1 is 1.40 bits per heavy atom. The van der Waals surface area contributed by atoms with Gasteiger partial charge in [-0.25, -0.2) is 4.79 Å². The molecule has 0 aliphatic heterocycles. The Bertz CT molecular complexity index is 425. The lowest BCUT2D eigenvalue weighted by atomic mass is 10.1. The average molecular weight is 207 g/mol. The molecule has 5 nitrogen and oxygen atoms in total. The van der Waals surface area contributed by atoms with Crippen molar-refractivity contribution in [2.45, 2.75) is 6.92 Å². The van der Waals surface area contributed by atoms with Gasteiger partial charge in [-0.2, -0.15) is 0 Å². The van der Waals surface area contributed by atoms with E-state index in [2.05, 4.69) is 5.32 Å². The molecule has 0 bridgehead atoms. The molecule has 0 radical (unpaired) electrons. The molecule has 0 spiro atoms. The van der Waals surface area contributed by atoms with Crippen LogP contribution in [0.4, 0.5) is 5.69 Å². The van der Waals surface area contributed by atoms with Crippen LogP contribution in [0, 0.1) is 0 Å². The van der Waals surface area contributed by atoms with Crippen LogP contribution in [0.2, 0.25) is 0 Å². The molecule has 0 saturated heterocycles. The molecule has 0 heterocycles. The van der Waals surface area contributed by atoms with Crippen molar-refractivity contribution in [2.24, 2.45) is 0 Å². The van der Waals surface area contributed by atoms with E-state index in [-0.39, 0.29) is 17.0 Å². The maximum atomic E-state index is 10.8. The number of nitrogens with one attached hydrogen (secondary N) is 1. The minimum atomic E-state index is -1.12. The fraction of sp³-hybridized carbons (Fsp3) is 0.100. The van der Waals surface area contributed by atoms with Crippen LogP contribution in [0.3, 0.4) is 0 Å². The predicted octanol–water partition coefficient (Wildman–Crippen LogP) is 1.16. The Morgan fingerprint density at radius 3 is 2.53 bits per heavy atom. The lowest BCUT2D eigenvalue weighted by Crippen LogP contribution is -2.09. The fourth-order valence-corrected chi connectivity index (χ4v) is 1.10. The van der Waals surface area contributed by atoms with E-state index in [1.807, 2.05) is 0 Å². The molecule has 15 heavy (non-hydrogen) atoms.